The van der Waals surface area contributed by atoms with Crippen LogP contribution in [-0.4, -0.2) is 43.4 Å². The first kappa shape index (κ1) is 28.3. The Kier molecular flexibility index (Phi) is 7.80. The van der Waals surface area contributed by atoms with Crippen molar-refractivity contribution in [1.82, 2.24) is 10.3 Å². The van der Waals surface area contributed by atoms with E-state index in [0.29, 0.717) is 35.6 Å². The number of rotatable bonds is 10. The van der Waals surface area contributed by atoms with Gasteiger partial charge in [0.15, 0.2) is 0 Å². The molecule has 0 atom stereocenters. The molecule has 214 valence electrons. The average molecular weight is 595 g/mol. The Balaban J connectivity index is 1.41. The number of hydrazine groups is 1. The highest BCUT2D eigenvalue weighted by Crippen LogP contribution is 2.54. The number of carbonyl (C=O) groups excluding carboxylic acids is 1. The normalized spacial score (nSPS) is 14.2. The van der Waals surface area contributed by atoms with E-state index in [4.69, 9.17) is 25.8 Å². The molecule has 2 aromatic heterocycles. The van der Waals surface area contributed by atoms with Crippen molar-refractivity contribution >= 4 is 49.8 Å². The summed E-state index contributed by atoms with van der Waals surface area (Å²) in [5.41, 5.74) is 8.11. The van der Waals surface area contributed by atoms with Gasteiger partial charge >= 0.3 is 12.1 Å². The van der Waals surface area contributed by atoms with Gasteiger partial charge in [-0.3, -0.25) is 15.1 Å². The molecule has 2 heterocycles. The Labute approximate surface area is 244 Å². The Morgan fingerprint density at radius 3 is 2.29 bits per heavy atom. The van der Waals surface area contributed by atoms with E-state index in [1.165, 1.54) is 27.7 Å². The third-order valence-electron chi connectivity index (χ3n) is 6.98. The molecule has 1 fully saturated rings. The summed E-state index contributed by atoms with van der Waals surface area (Å²) in [7, 11) is 4.68. The van der Waals surface area contributed by atoms with Crippen molar-refractivity contribution in [1.29, 1.82) is 0 Å². The molecule has 41 heavy (non-hydrogen) atoms. The van der Waals surface area contributed by atoms with Crippen molar-refractivity contribution in [2.75, 3.05) is 21.3 Å². The number of benzene rings is 2. The number of ether oxygens (including phenoxy) is 3. The van der Waals surface area contributed by atoms with Crippen LogP contribution in [0.2, 0.25) is 0 Å². The Bertz CT molecular complexity index is 1610. The molecule has 6 N–H and O–H groups in total. The number of aliphatic carboxylic acids is 1. The lowest BCUT2D eigenvalue weighted by molar-refractivity contribution is -0.140. The van der Waals surface area contributed by atoms with Gasteiger partial charge in [0.05, 0.1) is 30.2 Å². The smallest absolute Gasteiger partial charge is 0.413 e. The van der Waals surface area contributed by atoms with Crippen LogP contribution in [0.5, 0.6) is 11.5 Å². The van der Waals surface area contributed by atoms with E-state index in [0.717, 1.165) is 30.3 Å². The predicted octanol–water partition coefficient (Wildman–Crippen LogP) is 5.08. The van der Waals surface area contributed by atoms with Crippen LogP contribution in [0.25, 0.3) is 25.5 Å². The van der Waals surface area contributed by atoms with E-state index in [9.17, 15) is 14.7 Å². The Hall–Kier alpha value is -4.26. The molecule has 0 aliphatic heterocycles. The summed E-state index contributed by atoms with van der Waals surface area (Å²) >= 11 is 2.99. The monoisotopic (exact) mass is 594 g/mol. The van der Waals surface area contributed by atoms with E-state index in [1.54, 1.807) is 27.3 Å². The first-order valence-corrected chi connectivity index (χ1v) is 14.3. The van der Waals surface area contributed by atoms with Crippen molar-refractivity contribution in [2.45, 2.75) is 24.9 Å². The standard InChI is InChI=1S/C29H30N4O6S2/c1-33(31)26(32-28(36)39-15-16-7-5-4-6-8-16)25(30)24-14-23-22(41-24)13-21(40-23)17-11-20(38-3)18(12-19(17)37-2)29(9-10-29)27(34)35/h4-8,11-14H,9-10,15,30-31H2,1-3H3,(H,32,36)(H,34,35)/b26-25-. The number of thiophene rings is 2. The van der Waals surface area contributed by atoms with E-state index < -0.39 is 17.5 Å². The van der Waals surface area contributed by atoms with Crippen LogP contribution in [0.1, 0.15) is 28.8 Å². The second-order valence-corrected chi connectivity index (χ2v) is 11.8. The Morgan fingerprint density at radius 1 is 1.02 bits per heavy atom. The summed E-state index contributed by atoms with van der Waals surface area (Å²) in [6, 6.07) is 16.9. The number of carboxylic acids is 1. The number of methoxy groups -OCH3 is 2. The first-order chi connectivity index (χ1) is 19.7. The number of alkyl carbamates (subject to hydrolysis) is 1. The molecule has 5 rings (SSSR count). The van der Waals surface area contributed by atoms with Crippen LogP contribution < -0.4 is 26.4 Å². The van der Waals surface area contributed by atoms with E-state index in [-0.39, 0.29) is 12.4 Å². The zero-order valence-electron chi connectivity index (χ0n) is 22.7. The second-order valence-electron chi connectivity index (χ2n) is 9.65. The van der Waals surface area contributed by atoms with Gasteiger partial charge in [0.1, 0.15) is 23.9 Å². The summed E-state index contributed by atoms with van der Waals surface area (Å²) in [5, 5.41) is 13.7. The third kappa shape index (κ3) is 5.53. The number of hydrogen-bond donors (Lipinski definition) is 4. The van der Waals surface area contributed by atoms with Gasteiger partial charge < -0.3 is 25.1 Å². The zero-order valence-corrected chi connectivity index (χ0v) is 24.4. The van der Waals surface area contributed by atoms with Crippen molar-refractivity contribution < 1.29 is 28.9 Å². The minimum atomic E-state index is -0.929. The number of hydrogen-bond acceptors (Lipinski definition) is 10. The zero-order chi connectivity index (χ0) is 29.3. The molecule has 4 aromatic rings. The Morgan fingerprint density at radius 2 is 1.71 bits per heavy atom. The fraction of sp³-hybridized carbons (Fsp3) is 0.241. The van der Waals surface area contributed by atoms with E-state index in [2.05, 4.69) is 5.32 Å². The van der Waals surface area contributed by atoms with E-state index >= 15 is 0 Å². The summed E-state index contributed by atoms with van der Waals surface area (Å²) < 4.78 is 18.6. The SMILES string of the molecule is COc1cc(C2(C(=O)O)CC2)c(OC)cc1-c1cc2sc(/C(N)=C(\NC(=O)OCc3ccccc3)N(C)N)cc2s1. The number of nitrogens with zero attached hydrogens (tertiary/aromatic N) is 1. The second kappa shape index (κ2) is 11.3. The minimum absolute atomic E-state index is 0.109. The molecule has 0 spiro atoms. The largest absolute Gasteiger partial charge is 0.496 e. The van der Waals surface area contributed by atoms with Gasteiger partial charge in [0.25, 0.3) is 0 Å². The summed E-state index contributed by atoms with van der Waals surface area (Å²) in [4.78, 5) is 26.1. The molecule has 12 heteroatoms. The minimum Gasteiger partial charge on any atom is -0.496 e. The number of carboxylic acid groups (broad SMARTS) is 1. The van der Waals surface area contributed by atoms with Crippen LogP contribution in [0.3, 0.4) is 0 Å². The highest BCUT2D eigenvalue weighted by molar-refractivity contribution is 7.30. The lowest BCUT2D eigenvalue weighted by Gasteiger charge is -2.19. The third-order valence-corrected chi connectivity index (χ3v) is 9.34. The number of nitrogens with one attached hydrogen (secondary N) is 1. The number of carbonyl (C=O) groups is 2. The maximum atomic E-state index is 12.5. The molecular formula is C29H30N4O6S2. The average Bonchev–Trinajstić information content (AvgIpc) is 3.55. The van der Waals surface area contributed by atoms with Gasteiger partial charge in [-0.2, -0.15) is 0 Å². The van der Waals surface area contributed by atoms with Crippen molar-refractivity contribution in [2.24, 2.45) is 11.6 Å². The fourth-order valence-corrected chi connectivity index (χ4v) is 6.98. The van der Waals surface area contributed by atoms with Gasteiger partial charge in [0, 0.05) is 32.5 Å². The number of nitrogens with two attached hydrogens (primary N) is 2. The van der Waals surface area contributed by atoms with E-state index in [1.807, 2.05) is 48.5 Å². The molecule has 2 aromatic carbocycles. The van der Waals surface area contributed by atoms with Gasteiger partial charge in [-0.1, -0.05) is 30.3 Å². The number of fused-ring (bicyclic) bond motifs is 1. The molecular weight excluding hydrogens is 564 g/mol. The highest BCUT2D eigenvalue weighted by Gasteiger charge is 2.53. The first-order valence-electron chi connectivity index (χ1n) is 12.7. The van der Waals surface area contributed by atoms with Crippen LogP contribution in [0, 0.1) is 0 Å². The quantitative estimate of drug-likeness (QED) is 0.146. The number of amides is 1. The lowest BCUT2D eigenvalue weighted by atomic mass is 9.93. The van der Waals surface area contributed by atoms with Crippen molar-refractivity contribution in [3.63, 3.8) is 0 Å². The molecule has 1 amide bonds. The van der Waals surface area contributed by atoms with Gasteiger partial charge in [-0.15, -0.1) is 22.7 Å². The summed E-state index contributed by atoms with van der Waals surface area (Å²) in [6.45, 7) is 0.109. The summed E-state index contributed by atoms with van der Waals surface area (Å²) in [5.74, 6) is 6.45. The molecule has 1 aliphatic rings. The van der Waals surface area contributed by atoms with Gasteiger partial charge in [0.2, 0.25) is 0 Å². The van der Waals surface area contributed by atoms with Crippen LogP contribution >= 0.6 is 22.7 Å². The summed E-state index contributed by atoms with van der Waals surface area (Å²) in [6.07, 6.45) is 0.450. The molecule has 10 nitrogen and oxygen atoms in total. The maximum Gasteiger partial charge on any atom is 0.413 e. The van der Waals surface area contributed by atoms with Crippen LogP contribution in [0.15, 0.2) is 60.4 Å². The molecule has 0 bridgehead atoms. The molecule has 1 saturated carbocycles. The maximum absolute atomic E-state index is 12.5. The highest BCUT2D eigenvalue weighted by atomic mass is 32.1. The lowest BCUT2D eigenvalue weighted by Crippen LogP contribution is -2.39. The van der Waals surface area contributed by atoms with Crippen molar-refractivity contribution in [3.05, 3.63) is 76.4 Å². The fourth-order valence-electron chi connectivity index (χ4n) is 4.61. The molecule has 0 unspecified atom stereocenters. The van der Waals surface area contributed by atoms with Crippen LogP contribution in [-0.2, 0) is 21.6 Å². The van der Waals surface area contributed by atoms with Gasteiger partial charge in [-0.25, -0.2) is 10.6 Å². The van der Waals surface area contributed by atoms with Crippen LogP contribution in [0.4, 0.5) is 4.79 Å². The molecule has 0 saturated heterocycles. The topological polar surface area (TPSA) is 149 Å². The van der Waals surface area contributed by atoms with Gasteiger partial charge in [-0.05, 0) is 42.7 Å². The van der Waals surface area contributed by atoms with Crippen molar-refractivity contribution in [3.8, 4) is 21.9 Å². The predicted molar refractivity (Wildman–Crippen MR) is 160 cm³/mol. The molecule has 1 aliphatic carbocycles. The molecule has 0 radical (unpaired) electrons.